The summed E-state index contributed by atoms with van der Waals surface area (Å²) < 4.78 is 22.3. The van der Waals surface area contributed by atoms with Crippen molar-refractivity contribution in [3.8, 4) is 0 Å². The molecule has 3 nitrogen and oxygen atoms in total. The van der Waals surface area contributed by atoms with Crippen molar-refractivity contribution in [2.45, 2.75) is 12.5 Å². The van der Waals surface area contributed by atoms with Crippen LogP contribution in [0.2, 0.25) is 0 Å². The Hall–Kier alpha value is -0.350. The predicted molar refractivity (Wildman–Crippen MR) is 38.3 cm³/mol. The Morgan fingerprint density at radius 2 is 2.40 bits per heavy atom. The summed E-state index contributed by atoms with van der Waals surface area (Å²) in [5, 5.41) is 3.10. The van der Waals surface area contributed by atoms with Crippen LogP contribution in [0.4, 0.5) is 0 Å². The topological polar surface area (TPSA) is 46.2 Å². The van der Waals surface area contributed by atoms with Crippen LogP contribution in [-0.2, 0) is 9.84 Å². The minimum Gasteiger partial charge on any atom is -0.306 e. The van der Waals surface area contributed by atoms with Gasteiger partial charge in [0.05, 0.1) is 10.7 Å². The third-order valence-electron chi connectivity index (χ3n) is 2.05. The summed E-state index contributed by atoms with van der Waals surface area (Å²) in [6, 6.07) is 0.144. The fourth-order valence-corrected chi connectivity index (χ4v) is 3.28. The summed E-state index contributed by atoms with van der Waals surface area (Å²) in [7, 11) is -2.83. The van der Waals surface area contributed by atoms with Crippen molar-refractivity contribution in [3.63, 3.8) is 0 Å². The van der Waals surface area contributed by atoms with Crippen molar-refractivity contribution in [2.75, 3.05) is 12.3 Å². The van der Waals surface area contributed by atoms with Crippen molar-refractivity contribution in [2.24, 2.45) is 0 Å². The number of hydrogen-bond acceptors (Lipinski definition) is 3. The van der Waals surface area contributed by atoms with Gasteiger partial charge in [0, 0.05) is 12.6 Å². The lowest BCUT2D eigenvalue weighted by molar-refractivity contribution is 0.605. The maximum Gasteiger partial charge on any atom is 0.175 e. The summed E-state index contributed by atoms with van der Waals surface area (Å²) in [5.41, 5.74) is 0. The van der Waals surface area contributed by atoms with E-state index in [1.54, 1.807) is 6.08 Å². The van der Waals surface area contributed by atoms with Crippen LogP contribution in [0.25, 0.3) is 0 Å². The lowest BCUT2D eigenvalue weighted by Crippen LogP contribution is -2.21. The summed E-state index contributed by atoms with van der Waals surface area (Å²) in [6.45, 7) is 0.721. The number of rotatable bonds is 0. The molecule has 0 aliphatic carbocycles. The molecule has 1 N–H and O–H groups in total. The Morgan fingerprint density at radius 1 is 1.60 bits per heavy atom. The highest BCUT2D eigenvalue weighted by atomic mass is 32.2. The van der Waals surface area contributed by atoms with Crippen molar-refractivity contribution >= 4 is 9.84 Å². The van der Waals surface area contributed by atoms with Crippen molar-refractivity contribution in [1.82, 2.24) is 5.32 Å². The van der Waals surface area contributed by atoms with Crippen LogP contribution < -0.4 is 5.32 Å². The molecule has 2 aliphatic heterocycles. The molecule has 0 amide bonds. The highest BCUT2D eigenvalue weighted by molar-refractivity contribution is 7.95. The van der Waals surface area contributed by atoms with Gasteiger partial charge in [0.2, 0.25) is 0 Å². The Balaban J connectivity index is 2.48. The second-order valence-corrected chi connectivity index (χ2v) is 4.78. The third-order valence-corrected chi connectivity index (χ3v) is 3.99. The van der Waals surface area contributed by atoms with E-state index in [0.29, 0.717) is 10.7 Å². The molecule has 1 atom stereocenters. The van der Waals surface area contributed by atoms with Gasteiger partial charge in [-0.25, -0.2) is 8.42 Å². The summed E-state index contributed by atoms with van der Waals surface area (Å²) >= 11 is 0. The molecular formula is C6H9NO2S. The number of hydrogen-bond donors (Lipinski definition) is 1. The van der Waals surface area contributed by atoms with Gasteiger partial charge >= 0.3 is 0 Å². The molecule has 0 spiro atoms. The van der Waals surface area contributed by atoms with E-state index in [4.69, 9.17) is 0 Å². The van der Waals surface area contributed by atoms with Gasteiger partial charge in [-0.05, 0) is 6.42 Å². The van der Waals surface area contributed by atoms with E-state index in [9.17, 15) is 8.42 Å². The molecule has 10 heavy (non-hydrogen) atoms. The van der Waals surface area contributed by atoms with Gasteiger partial charge in [0.15, 0.2) is 9.84 Å². The molecule has 0 saturated carbocycles. The smallest absolute Gasteiger partial charge is 0.175 e. The van der Waals surface area contributed by atoms with Crippen LogP contribution >= 0.6 is 0 Å². The molecule has 1 unspecified atom stereocenters. The van der Waals surface area contributed by atoms with E-state index in [2.05, 4.69) is 5.32 Å². The van der Waals surface area contributed by atoms with Crippen molar-refractivity contribution in [3.05, 3.63) is 11.0 Å². The van der Waals surface area contributed by atoms with Crippen molar-refractivity contribution in [1.29, 1.82) is 0 Å². The predicted octanol–water partition coefficient (Wildman–Crippen LogP) is -0.339. The van der Waals surface area contributed by atoms with E-state index in [0.717, 1.165) is 13.0 Å². The summed E-state index contributed by atoms with van der Waals surface area (Å²) in [4.78, 5) is 0.632. The lowest BCUT2D eigenvalue weighted by Gasteiger charge is -2.00. The Morgan fingerprint density at radius 3 is 3.10 bits per heavy atom. The molecule has 56 valence electrons. The standard InChI is InChI=1S/C6H9NO2S/c8-10(9)4-2-5-6(10)1-3-7-5/h1,5,7H,2-4H2. The first-order valence-electron chi connectivity index (χ1n) is 3.36. The molecule has 2 rings (SSSR count). The molecule has 0 aromatic heterocycles. The fraction of sp³-hybridized carbons (Fsp3) is 0.667. The SMILES string of the molecule is O=S1(=O)CCC2NCC=C21. The maximum atomic E-state index is 11.1. The molecule has 0 bridgehead atoms. The molecule has 0 radical (unpaired) electrons. The minimum absolute atomic E-state index is 0.144. The molecule has 4 heteroatoms. The second kappa shape index (κ2) is 1.83. The van der Waals surface area contributed by atoms with Gasteiger partial charge in [0.25, 0.3) is 0 Å². The summed E-state index contributed by atoms with van der Waals surface area (Å²) in [5.74, 6) is 0.330. The molecule has 1 saturated heterocycles. The van der Waals surface area contributed by atoms with E-state index in [-0.39, 0.29) is 6.04 Å². The van der Waals surface area contributed by atoms with Crippen LogP contribution in [0.1, 0.15) is 6.42 Å². The summed E-state index contributed by atoms with van der Waals surface area (Å²) in [6.07, 6.45) is 2.54. The van der Waals surface area contributed by atoms with E-state index < -0.39 is 9.84 Å². The minimum atomic E-state index is -2.83. The lowest BCUT2D eigenvalue weighted by atomic mass is 10.2. The Bertz CT molecular complexity index is 278. The number of sulfone groups is 1. The first-order chi connectivity index (χ1) is 4.70. The first kappa shape index (κ1) is 6.37. The van der Waals surface area contributed by atoms with Crippen LogP contribution in [0.3, 0.4) is 0 Å². The van der Waals surface area contributed by atoms with E-state index >= 15 is 0 Å². The van der Waals surface area contributed by atoms with Crippen LogP contribution in [-0.4, -0.2) is 26.8 Å². The zero-order valence-corrected chi connectivity index (χ0v) is 6.32. The molecule has 0 aromatic carbocycles. The van der Waals surface area contributed by atoms with Crippen molar-refractivity contribution < 1.29 is 8.42 Å². The molecule has 2 heterocycles. The van der Waals surface area contributed by atoms with Crippen LogP contribution in [0.15, 0.2) is 11.0 Å². The molecule has 0 aromatic rings. The van der Waals surface area contributed by atoms with Crippen LogP contribution in [0, 0.1) is 0 Å². The molecule has 1 fully saturated rings. The Labute approximate surface area is 60.0 Å². The monoisotopic (exact) mass is 159 g/mol. The highest BCUT2D eigenvalue weighted by Gasteiger charge is 2.35. The van der Waals surface area contributed by atoms with E-state index in [1.165, 1.54) is 0 Å². The van der Waals surface area contributed by atoms with Gasteiger partial charge in [-0.2, -0.15) is 0 Å². The van der Waals surface area contributed by atoms with E-state index in [1.807, 2.05) is 0 Å². The Kier molecular flexibility index (Phi) is 1.16. The highest BCUT2D eigenvalue weighted by Crippen LogP contribution is 2.27. The first-order valence-corrected chi connectivity index (χ1v) is 5.01. The number of nitrogens with one attached hydrogen (secondary N) is 1. The molecule has 2 aliphatic rings. The van der Waals surface area contributed by atoms with Crippen LogP contribution in [0.5, 0.6) is 0 Å². The van der Waals surface area contributed by atoms with Gasteiger partial charge in [0.1, 0.15) is 0 Å². The average molecular weight is 159 g/mol. The van der Waals surface area contributed by atoms with Gasteiger partial charge in [-0.15, -0.1) is 0 Å². The zero-order chi connectivity index (χ0) is 7.19. The normalized spacial score (nSPS) is 35.6. The van der Waals surface area contributed by atoms with Gasteiger partial charge in [-0.1, -0.05) is 6.08 Å². The second-order valence-electron chi connectivity index (χ2n) is 2.67. The maximum absolute atomic E-state index is 11.1. The quantitative estimate of drug-likeness (QED) is 0.526. The number of fused-ring (bicyclic) bond motifs is 1. The third kappa shape index (κ3) is 0.722. The zero-order valence-electron chi connectivity index (χ0n) is 5.50. The van der Waals surface area contributed by atoms with Gasteiger partial charge in [-0.3, -0.25) is 0 Å². The fourth-order valence-electron chi connectivity index (χ4n) is 1.52. The largest absolute Gasteiger partial charge is 0.306 e. The molecular weight excluding hydrogens is 150 g/mol. The van der Waals surface area contributed by atoms with Gasteiger partial charge < -0.3 is 5.32 Å². The average Bonchev–Trinajstić information content (AvgIpc) is 2.36.